The third kappa shape index (κ3) is 2.85. The fraction of sp³-hybridized carbons (Fsp3) is 0.222. The molecular weight excluding hydrogens is 338 g/mol. The predicted octanol–water partition coefficient (Wildman–Crippen LogP) is 1.93. The number of ether oxygens (including phenoxy) is 3. The summed E-state index contributed by atoms with van der Waals surface area (Å²) in [6, 6.07) is 6.35. The molecule has 3 aromatic rings. The number of H-pyrrole nitrogens is 1. The number of carbonyl (C=O) groups is 1. The number of aromatic amines is 1. The largest absolute Gasteiger partial charge is 0.490 e. The predicted molar refractivity (Wildman–Crippen MR) is 92.5 cm³/mol. The van der Waals surface area contributed by atoms with Gasteiger partial charge in [0.25, 0.3) is 5.56 Å². The lowest BCUT2D eigenvalue weighted by atomic mass is 10.2. The Morgan fingerprint density at radius 2 is 1.96 bits per heavy atom. The average Bonchev–Trinajstić information content (AvgIpc) is 2.91. The zero-order chi connectivity index (χ0) is 18.1. The zero-order valence-electron chi connectivity index (χ0n) is 13.9. The van der Waals surface area contributed by atoms with E-state index in [0.717, 1.165) is 6.42 Å². The van der Waals surface area contributed by atoms with Gasteiger partial charge in [-0.25, -0.2) is 9.78 Å². The Labute approximate surface area is 147 Å². The van der Waals surface area contributed by atoms with Gasteiger partial charge in [-0.3, -0.25) is 9.78 Å². The van der Waals surface area contributed by atoms with Crippen LogP contribution in [0.4, 0.5) is 0 Å². The number of esters is 1. The number of benzene rings is 1. The summed E-state index contributed by atoms with van der Waals surface area (Å²) in [6.45, 7) is 1.07. The van der Waals surface area contributed by atoms with Gasteiger partial charge in [-0.1, -0.05) is 0 Å². The van der Waals surface area contributed by atoms with E-state index in [1.54, 1.807) is 12.1 Å². The first kappa shape index (κ1) is 16.1. The van der Waals surface area contributed by atoms with Gasteiger partial charge in [0.05, 0.1) is 36.8 Å². The second-order valence-electron chi connectivity index (χ2n) is 5.70. The van der Waals surface area contributed by atoms with Crippen molar-refractivity contribution in [1.82, 2.24) is 15.0 Å². The maximum absolute atomic E-state index is 12.5. The second kappa shape index (κ2) is 6.47. The van der Waals surface area contributed by atoms with Gasteiger partial charge in [-0.05, 0) is 18.2 Å². The number of nitrogens with zero attached hydrogens (tertiary/aromatic N) is 2. The third-order valence-electron chi connectivity index (χ3n) is 4.00. The molecule has 1 N–H and O–H groups in total. The number of hydrogen-bond acceptors (Lipinski definition) is 7. The van der Waals surface area contributed by atoms with Crippen molar-refractivity contribution in [2.24, 2.45) is 0 Å². The second-order valence-corrected chi connectivity index (χ2v) is 5.70. The molecule has 132 valence electrons. The van der Waals surface area contributed by atoms with Crippen LogP contribution in [0.1, 0.15) is 16.8 Å². The van der Waals surface area contributed by atoms with Crippen molar-refractivity contribution in [1.29, 1.82) is 0 Å². The van der Waals surface area contributed by atoms with Crippen LogP contribution < -0.4 is 15.0 Å². The Kier molecular flexibility index (Phi) is 4.00. The van der Waals surface area contributed by atoms with E-state index in [4.69, 9.17) is 14.2 Å². The van der Waals surface area contributed by atoms with E-state index in [1.165, 1.54) is 25.4 Å². The molecule has 4 rings (SSSR count). The Bertz CT molecular complexity index is 1060. The van der Waals surface area contributed by atoms with E-state index in [2.05, 4.69) is 15.0 Å². The van der Waals surface area contributed by atoms with Crippen LogP contribution in [0.3, 0.4) is 0 Å². The highest BCUT2D eigenvalue weighted by atomic mass is 16.5. The number of rotatable bonds is 2. The van der Waals surface area contributed by atoms with Crippen LogP contribution in [-0.4, -0.2) is 41.2 Å². The molecule has 0 bridgehead atoms. The quantitative estimate of drug-likeness (QED) is 0.702. The van der Waals surface area contributed by atoms with Crippen LogP contribution >= 0.6 is 0 Å². The lowest BCUT2D eigenvalue weighted by Gasteiger charge is -2.09. The van der Waals surface area contributed by atoms with Gasteiger partial charge in [-0.2, -0.15) is 0 Å². The minimum atomic E-state index is -0.493. The van der Waals surface area contributed by atoms with Crippen LogP contribution in [0.25, 0.3) is 22.4 Å². The molecule has 0 saturated heterocycles. The summed E-state index contributed by atoms with van der Waals surface area (Å²) in [7, 11) is 1.30. The number of methoxy groups -OCH3 is 1. The summed E-state index contributed by atoms with van der Waals surface area (Å²) >= 11 is 0. The normalized spacial score (nSPS) is 13.3. The van der Waals surface area contributed by atoms with E-state index >= 15 is 0 Å². The average molecular weight is 353 g/mol. The molecule has 0 amide bonds. The van der Waals surface area contributed by atoms with E-state index in [0.29, 0.717) is 46.9 Å². The van der Waals surface area contributed by atoms with Crippen molar-refractivity contribution >= 4 is 16.9 Å². The van der Waals surface area contributed by atoms with Gasteiger partial charge >= 0.3 is 5.97 Å². The van der Waals surface area contributed by atoms with Crippen LogP contribution in [0, 0.1) is 0 Å². The smallest absolute Gasteiger partial charge is 0.337 e. The minimum Gasteiger partial charge on any atom is -0.490 e. The van der Waals surface area contributed by atoms with E-state index in [-0.39, 0.29) is 11.4 Å². The lowest BCUT2D eigenvalue weighted by molar-refractivity contribution is 0.0600. The SMILES string of the molecule is COC(=O)c1ccnc(-c2nc3cc4c(cc3c(=O)[nH]2)OCCCO4)c1. The first-order valence-corrected chi connectivity index (χ1v) is 8.04. The van der Waals surface area contributed by atoms with Crippen molar-refractivity contribution in [3.05, 3.63) is 46.4 Å². The summed E-state index contributed by atoms with van der Waals surface area (Å²) in [5.74, 6) is 0.839. The molecule has 1 aromatic carbocycles. The molecule has 1 aliphatic rings. The summed E-state index contributed by atoms with van der Waals surface area (Å²) in [5, 5.41) is 0.391. The Hall–Kier alpha value is -3.42. The van der Waals surface area contributed by atoms with Crippen LogP contribution in [0.2, 0.25) is 0 Å². The zero-order valence-corrected chi connectivity index (χ0v) is 13.9. The van der Waals surface area contributed by atoms with Gasteiger partial charge in [0.1, 0.15) is 5.69 Å². The van der Waals surface area contributed by atoms with Crippen molar-refractivity contribution < 1.29 is 19.0 Å². The first-order chi connectivity index (χ1) is 12.7. The molecule has 8 nitrogen and oxygen atoms in total. The molecule has 0 saturated carbocycles. The monoisotopic (exact) mass is 353 g/mol. The first-order valence-electron chi connectivity index (χ1n) is 8.04. The van der Waals surface area contributed by atoms with Gasteiger partial charge in [0.15, 0.2) is 17.3 Å². The molecule has 0 radical (unpaired) electrons. The fourth-order valence-corrected chi connectivity index (χ4v) is 2.72. The Morgan fingerprint density at radius 1 is 1.19 bits per heavy atom. The van der Waals surface area contributed by atoms with Crippen molar-refractivity contribution in [2.75, 3.05) is 20.3 Å². The standard InChI is InChI=1S/C18H15N3O5/c1-24-18(23)10-3-4-19-13(7-10)16-20-12-9-15-14(25-5-2-6-26-15)8-11(12)17(22)21-16/h3-4,7-9H,2,5-6H2,1H3,(H,20,21,22). The molecule has 0 fully saturated rings. The van der Waals surface area contributed by atoms with E-state index in [9.17, 15) is 9.59 Å². The van der Waals surface area contributed by atoms with Crippen molar-refractivity contribution in [3.8, 4) is 23.0 Å². The number of aromatic nitrogens is 3. The molecule has 0 aliphatic carbocycles. The third-order valence-corrected chi connectivity index (χ3v) is 4.00. The van der Waals surface area contributed by atoms with Crippen molar-refractivity contribution in [2.45, 2.75) is 6.42 Å². The highest BCUT2D eigenvalue weighted by molar-refractivity contribution is 5.90. The summed E-state index contributed by atoms with van der Waals surface area (Å²) in [5.41, 5.74) is 0.808. The number of carbonyl (C=O) groups excluding carboxylic acids is 1. The fourth-order valence-electron chi connectivity index (χ4n) is 2.72. The van der Waals surface area contributed by atoms with E-state index in [1.807, 2.05) is 0 Å². The summed E-state index contributed by atoms with van der Waals surface area (Å²) < 4.78 is 16.0. The Balaban J connectivity index is 1.85. The molecule has 26 heavy (non-hydrogen) atoms. The molecule has 3 heterocycles. The van der Waals surface area contributed by atoms with E-state index < -0.39 is 5.97 Å². The lowest BCUT2D eigenvalue weighted by Crippen LogP contribution is -2.11. The highest BCUT2D eigenvalue weighted by Gasteiger charge is 2.16. The van der Waals surface area contributed by atoms with Gasteiger partial charge in [-0.15, -0.1) is 0 Å². The molecule has 1 aliphatic heterocycles. The van der Waals surface area contributed by atoms with Crippen molar-refractivity contribution in [3.63, 3.8) is 0 Å². The maximum atomic E-state index is 12.5. The number of nitrogens with one attached hydrogen (secondary N) is 1. The van der Waals surface area contributed by atoms with Crippen LogP contribution in [0.15, 0.2) is 35.3 Å². The van der Waals surface area contributed by atoms with Gasteiger partial charge < -0.3 is 19.2 Å². The molecule has 0 spiro atoms. The molecule has 0 atom stereocenters. The number of fused-ring (bicyclic) bond motifs is 2. The molecule has 2 aromatic heterocycles. The van der Waals surface area contributed by atoms with Gasteiger partial charge in [0.2, 0.25) is 0 Å². The molecule has 0 unspecified atom stereocenters. The highest BCUT2D eigenvalue weighted by Crippen LogP contribution is 2.32. The number of hydrogen-bond donors (Lipinski definition) is 1. The van der Waals surface area contributed by atoms with Gasteiger partial charge in [0, 0.05) is 18.7 Å². The van der Waals surface area contributed by atoms with Crippen LogP contribution in [0.5, 0.6) is 11.5 Å². The van der Waals surface area contributed by atoms with Crippen LogP contribution in [-0.2, 0) is 4.74 Å². The minimum absolute atomic E-state index is 0.253. The summed E-state index contributed by atoms with van der Waals surface area (Å²) in [4.78, 5) is 35.5. The molecule has 8 heteroatoms. The topological polar surface area (TPSA) is 103 Å². The Morgan fingerprint density at radius 3 is 2.73 bits per heavy atom. The number of pyridine rings is 1. The molecular formula is C18H15N3O5. The maximum Gasteiger partial charge on any atom is 0.337 e. The summed E-state index contributed by atoms with van der Waals surface area (Å²) in [6.07, 6.45) is 2.23.